The largest absolute Gasteiger partial charge is 0.490 e. The SMILES string of the molecule is CN1C(=O)/C(=C/c2cn(CCOc3ccccc3Cl)c3ccc(Br)cc23)SC1=S. The maximum Gasteiger partial charge on any atom is 0.265 e. The molecule has 1 amide bonds. The lowest BCUT2D eigenvalue weighted by Crippen LogP contribution is -2.22. The Bertz CT molecular complexity index is 1160. The number of nitrogens with zero attached hydrogens (tertiary/aromatic N) is 2. The second-order valence-electron chi connectivity index (χ2n) is 6.46. The number of likely N-dealkylation sites (N-methyl/N-ethyl adjacent to an activating group) is 1. The van der Waals surface area contributed by atoms with E-state index in [1.165, 1.54) is 16.7 Å². The van der Waals surface area contributed by atoms with Gasteiger partial charge in [0, 0.05) is 34.2 Å². The fourth-order valence-electron chi connectivity index (χ4n) is 3.10. The Labute approximate surface area is 191 Å². The van der Waals surface area contributed by atoms with Gasteiger partial charge in [0.15, 0.2) is 0 Å². The van der Waals surface area contributed by atoms with Crippen LogP contribution in [0, 0.1) is 0 Å². The molecule has 1 saturated heterocycles. The number of hydrogen-bond acceptors (Lipinski definition) is 4. The molecule has 0 aliphatic carbocycles. The Morgan fingerprint density at radius 3 is 2.79 bits per heavy atom. The van der Waals surface area contributed by atoms with Crippen molar-refractivity contribution in [3.63, 3.8) is 0 Å². The van der Waals surface area contributed by atoms with Crippen LogP contribution in [0.1, 0.15) is 5.56 Å². The van der Waals surface area contributed by atoms with E-state index in [4.69, 9.17) is 28.6 Å². The van der Waals surface area contributed by atoms with E-state index in [2.05, 4.69) is 32.6 Å². The second kappa shape index (κ2) is 8.52. The van der Waals surface area contributed by atoms with Gasteiger partial charge in [-0.25, -0.2) is 0 Å². The van der Waals surface area contributed by atoms with E-state index in [-0.39, 0.29) is 5.91 Å². The van der Waals surface area contributed by atoms with E-state index in [0.29, 0.717) is 33.1 Å². The first kappa shape index (κ1) is 20.5. The number of fused-ring (bicyclic) bond motifs is 1. The lowest BCUT2D eigenvalue weighted by atomic mass is 10.1. The van der Waals surface area contributed by atoms with Crippen molar-refractivity contribution in [2.45, 2.75) is 6.54 Å². The lowest BCUT2D eigenvalue weighted by molar-refractivity contribution is -0.121. The predicted molar refractivity (Wildman–Crippen MR) is 128 cm³/mol. The molecule has 4 nitrogen and oxygen atoms in total. The topological polar surface area (TPSA) is 34.5 Å². The van der Waals surface area contributed by atoms with E-state index in [9.17, 15) is 4.79 Å². The van der Waals surface area contributed by atoms with Crippen LogP contribution in [0.3, 0.4) is 0 Å². The normalized spacial score (nSPS) is 15.7. The van der Waals surface area contributed by atoms with Crippen LogP contribution in [0.15, 0.2) is 58.0 Å². The number of rotatable bonds is 5. The minimum absolute atomic E-state index is 0.0713. The molecule has 8 heteroatoms. The summed E-state index contributed by atoms with van der Waals surface area (Å²) < 4.78 is 9.51. The summed E-state index contributed by atoms with van der Waals surface area (Å²) >= 11 is 16.3. The number of hydrogen-bond donors (Lipinski definition) is 0. The maximum absolute atomic E-state index is 12.4. The Morgan fingerprint density at radius 2 is 2.07 bits per heavy atom. The van der Waals surface area contributed by atoms with Gasteiger partial charge in [-0.05, 0) is 36.4 Å². The van der Waals surface area contributed by atoms with Crippen molar-refractivity contribution in [1.29, 1.82) is 0 Å². The molecule has 4 rings (SSSR count). The van der Waals surface area contributed by atoms with E-state index >= 15 is 0 Å². The molecule has 3 aromatic rings. The molecule has 0 atom stereocenters. The van der Waals surface area contributed by atoms with Crippen LogP contribution in [-0.2, 0) is 11.3 Å². The Hall–Kier alpha value is -1.80. The number of para-hydroxylation sites is 1. The quantitative estimate of drug-likeness (QED) is 0.315. The molecular weight excluding hydrogens is 492 g/mol. The zero-order valence-electron chi connectivity index (χ0n) is 15.4. The van der Waals surface area contributed by atoms with Gasteiger partial charge in [-0.2, -0.15) is 0 Å². The van der Waals surface area contributed by atoms with Gasteiger partial charge in [-0.1, -0.05) is 63.6 Å². The van der Waals surface area contributed by atoms with Crippen LogP contribution < -0.4 is 4.74 Å². The Balaban J connectivity index is 1.63. The fraction of sp³-hybridized carbons (Fsp3) is 0.143. The summed E-state index contributed by atoms with van der Waals surface area (Å²) in [5.41, 5.74) is 2.03. The summed E-state index contributed by atoms with van der Waals surface area (Å²) in [6.45, 7) is 1.12. The summed E-state index contributed by atoms with van der Waals surface area (Å²) in [5.74, 6) is 0.596. The van der Waals surface area contributed by atoms with Crippen LogP contribution in [0.5, 0.6) is 5.75 Å². The third-order valence-electron chi connectivity index (χ3n) is 4.57. The van der Waals surface area contributed by atoms with Crippen molar-refractivity contribution < 1.29 is 9.53 Å². The molecule has 29 heavy (non-hydrogen) atoms. The van der Waals surface area contributed by atoms with Crippen LogP contribution in [0.25, 0.3) is 17.0 Å². The highest BCUT2D eigenvalue weighted by atomic mass is 79.9. The van der Waals surface area contributed by atoms with Crippen molar-refractivity contribution in [2.24, 2.45) is 0 Å². The molecular formula is C21H16BrClN2O2S2. The molecule has 0 unspecified atom stereocenters. The van der Waals surface area contributed by atoms with Crippen LogP contribution in [0.4, 0.5) is 0 Å². The number of thiocarbonyl (C=S) groups is 1. The van der Waals surface area contributed by atoms with Gasteiger partial charge in [0.25, 0.3) is 5.91 Å². The van der Waals surface area contributed by atoms with Crippen molar-refractivity contribution in [1.82, 2.24) is 9.47 Å². The van der Waals surface area contributed by atoms with Crippen molar-refractivity contribution in [3.8, 4) is 5.75 Å². The number of thioether (sulfide) groups is 1. The smallest absolute Gasteiger partial charge is 0.265 e. The molecule has 148 valence electrons. The molecule has 1 fully saturated rings. The zero-order chi connectivity index (χ0) is 20.5. The van der Waals surface area contributed by atoms with E-state index < -0.39 is 0 Å². The average molecular weight is 508 g/mol. The maximum atomic E-state index is 12.4. The summed E-state index contributed by atoms with van der Waals surface area (Å²) in [4.78, 5) is 14.5. The summed E-state index contributed by atoms with van der Waals surface area (Å²) in [7, 11) is 1.70. The fourth-order valence-corrected chi connectivity index (χ4v) is 4.82. The van der Waals surface area contributed by atoms with E-state index in [0.717, 1.165) is 20.9 Å². The number of benzene rings is 2. The minimum Gasteiger partial charge on any atom is -0.490 e. The van der Waals surface area contributed by atoms with Crippen molar-refractivity contribution >= 4 is 78.7 Å². The standard InChI is InChI=1S/C21H16BrClN2O2S2/c1-24-20(26)19(29-21(24)28)10-13-12-25(17-7-6-14(22)11-15(13)17)8-9-27-18-5-3-2-4-16(18)23/h2-7,10-12H,8-9H2,1H3/b19-10-. The van der Waals surface area contributed by atoms with Gasteiger partial charge in [0.1, 0.15) is 16.7 Å². The van der Waals surface area contributed by atoms with E-state index in [1.807, 2.05) is 42.6 Å². The molecule has 2 heterocycles. The van der Waals surface area contributed by atoms with Gasteiger partial charge < -0.3 is 9.30 Å². The first-order valence-corrected chi connectivity index (χ1v) is 11.2. The van der Waals surface area contributed by atoms with Gasteiger partial charge in [-0.15, -0.1) is 0 Å². The van der Waals surface area contributed by atoms with Gasteiger partial charge in [0.2, 0.25) is 0 Å². The van der Waals surface area contributed by atoms with Crippen LogP contribution >= 0.6 is 51.5 Å². The molecule has 0 radical (unpaired) electrons. The van der Waals surface area contributed by atoms with E-state index in [1.54, 1.807) is 7.05 Å². The molecule has 0 saturated carbocycles. The third kappa shape index (κ3) is 4.23. The van der Waals surface area contributed by atoms with Gasteiger partial charge >= 0.3 is 0 Å². The number of ether oxygens (including phenoxy) is 1. The zero-order valence-corrected chi connectivity index (χ0v) is 19.4. The predicted octanol–water partition coefficient (Wildman–Crippen LogP) is 5.97. The highest BCUT2D eigenvalue weighted by Gasteiger charge is 2.29. The number of halogens is 2. The Kier molecular flexibility index (Phi) is 6.01. The van der Waals surface area contributed by atoms with Gasteiger partial charge in [0.05, 0.1) is 16.5 Å². The molecule has 0 N–H and O–H groups in total. The highest BCUT2D eigenvalue weighted by molar-refractivity contribution is 9.10. The minimum atomic E-state index is -0.0713. The number of amides is 1. The molecule has 1 aliphatic heterocycles. The summed E-state index contributed by atoms with van der Waals surface area (Å²) in [6.07, 6.45) is 3.94. The van der Waals surface area contributed by atoms with Crippen LogP contribution in [-0.4, -0.2) is 33.3 Å². The average Bonchev–Trinajstić information content (AvgIpc) is 3.15. The second-order valence-corrected chi connectivity index (χ2v) is 9.46. The molecule has 0 spiro atoms. The first-order valence-electron chi connectivity index (χ1n) is 8.81. The summed E-state index contributed by atoms with van der Waals surface area (Å²) in [6, 6.07) is 13.5. The molecule has 1 aromatic heterocycles. The number of carbonyl (C=O) groups is 1. The molecule has 2 aromatic carbocycles. The molecule has 0 bridgehead atoms. The molecule has 1 aliphatic rings. The van der Waals surface area contributed by atoms with Gasteiger partial charge in [-0.3, -0.25) is 9.69 Å². The Morgan fingerprint density at radius 1 is 1.28 bits per heavy atom. The lowest BCUT2D eigenvalue weighted by Gasteiger charge is -2.09. The summed E-state index contributed by atoms with van der Waals surface area (Å²) in [5, 5.41) is 1.65. The highest BCUT2D eigenvalue weighted by Crippen LogP contribution is 2.34. The third-order valence-corrected chi connectivity index (χ3v) is 6.86. The first-order chi connectivity index (χ1) is 13.9. The number of aromatic nitrogens is 1. The number of carbonyl (C=O) groups excluding carboxylic acids is 1. The van der Waals surface area contributed by atoms with Crippen molar-refractivity contribution in [3.05, 3.63) is 68.6 Å². The monoisotopic (exact) mass is 506 g/mol. The van der Waals surface area contributed by atoms with Crippen LogP contribution in [0.2, 0.25) is 5.02 Å². The van der Waals surface area contributed by atoms with Crippen molar-refractivity contribution in [2.75, 3.05) is 13.7 Å².